The molecule has 1 rings (SSSR count). The van der Waals surface area contributed by atoms with Gasteiger partial charge < -0.3 is 0 Å². The Morgan fingerprint density at radius 2 is 1.75 bits per heavy atom. The van der Waals surface area contributed by atoms with E-state index in [-0.39, 0.29) is 5.78 Å². The van der Waals surface area contributed by atoms with Gasteiger partial charge in [-0.3, -0.25) is 15.0 Å². The molecule has 0 radical (unpaired) electrons. The molecule has 0 aliphatic heterocycles. The largest absolute Gasteiger partial charge is 0.291 e. The average Bonchev–Trinajstić information content (AvgIpc) is 2.34. The number of nitrogens with one attached hydrogen (secondary N) is 1. The second-order valence-corrected chi connectivity index (χ2v) is 2.99. The molecule has 0 atom stereocenters. The van der Waals surface area contributed by atoms with Crippen molar-refractivity contribution in [2.24, 2.45) is 5.84 Å². The Bertz CT molecular complexity index is 422. The molecule has 0 spiro atoms. The monoisotopic (exact) mass is 216 g/mol. The lowest BCUT2D eigenvalue weighted by Gasteiger charge is -1.90. The molecule has 4 heteroatoms. The zero-order chi connectivity index (χ0) is 11.8. The highest BCUT2D eigenvalue weighted by Crippen LogP contribution is 2.00. The van der Waals surface area contributed by atoms with Crippen LogP contribution in [0.15, 0.2) is 48.6 Å². The minimum absolute atomic E-state index is 0.271. The molecule has 82 valence electrons. The molecule has 1 aromatic carbocycles. The Labute approximate surface area is 93.4 Å². The number of amides is 1. The van der Waals surface area contributed by atoms with Crippen molar-refractivity contribution in [3.63, 3.8) is 0 Å². The van der Waals surface area contributed by atoms with Gasteiger partial charge in [0.25, 0.3) is 5.91 Å². The third-order valence-corrected chi connectivity index (χ3v) is 1.78. The molecular weight excluding hydrogens is 204 g/mol. The number of rotatable bonds is 4. The number of carbonyl (C=O) groups is 2. The van der Waals surface area contributed by atoms with Gasteiger partial charge in [-0.15, -0.1) is 0 Å². The predicted octanol–water partition coefficient (Wildman–Crippen LogP) is 0.815. The number of nitrogens with two attached hydrogens (primary N) is 1. The normalized spacial score (nSPS) is 10.8. The minimum atomic E-state index is -0.513. The molecular formula is C12H12N2O2. The summed E-state index contributed by atoms with van der Waals surface area (Å²) in [6.07, 6.45) is 5.29. The Morgan fingerprint density at radius 1 is 1.06 bits per heavy atom. The van der Waals surface area contributed by atoms with E-state index in [1.807, 2.05) is 35.8 Å². The first-order valence-corrected chi connectivity index (χ1v) is 4.68. The maximum Gasteiger partial charge on any atom is 0.258 e. The minimum Gasteiger partial charge on any atom is -0.291 e. The lowest BCUT2D eigenvalue weighted by molar-refractivity contribution is -0.117. The van der Waals surface area contributed by atoms with E-state index >= 15 is 0 Å². The number of benzene rings is 1. The number of hydrazine groups is 1. The second kappa shape index (κ2) is 6.31. The van der Waals surface area contributed by atoms with Crippen molar-refractivity contribution >= 4 is 17.8 Å². The fraction of sp³-hybridized carbons (Fsp3) is 0. The van der Waals surface area contributed by atoms with Gasteiger partial charge in [-0.1, -0.05) is 36.4 Å². The second-order valence-electron chi connectivity index (χ2n) is 2.99. The van der Waals surface area contributed by atoms with Gasteiger partial charge in [0.2, 0.25) is 0 Å². The summed E-state index contributed by atoms with van der Waals surface area (Å²) >= 11 is 0. The molecule has 0 aromatic heterocycles. The van der Waals surface area contributed by atoms with Crippen LogP contribution in [-0.2, 0) is 9.59 Å². The van der Waals surface area contributed by atoms with Gasteiger partial charge in [0, 0.05) is 6.08 Å². The summed E-state index contributed by atoms with van der Waals surface area (Å²) in [5, 5.41) is 0. The standard InChI is InChI=1S/C12H12N2O2/c13-14-12(16)9-8-11(15)7-6-10-4-2-1-3-5-10/h1-9H,13H2,(H,14,16)/b7-6?,9-8+. The van der Waals surface area contributed by atoms with Crippen molar-refractivity contribution in [3.05, 3.63) is 54.1 Å². The fourth-order valence-corrected chi connectivity index (χ4v) is 1.00. The van der Waals surface area contributed by atoms with E-state index in [0.717, 1.165) is 17.7 Å². The van der Waals surface area contributed by atoms with Crippen LogP contribution in [0.25, 0.3) is 6.08 Å². The molecule has 4 nitrogen and oxygen atoms in total. The first-order chi connectivity index (χ1) is 7.72. The molecule has 3 N–H and O–H groups in total. The van der Waals surface area contributed by atoms with Crippen molar-refractivity contribution in [1.29, 1.82) is 0 Å². The maximum atomic E-state index is 11.2. The Balaban J connectivity index is 2.55. The van der Waals surface area contributed by atoms with E-state index in [0.29, 0.717) is 0 Å². The lowest BCUT2D eigenvalue weighted by atomic mass is 10.2. The summed E-state index contributed by atoms with van der Waals surface area (Å²) in [5.41, 5.74) is 2.82. The SMILES string of the molecule is NNC(=O)/C=C/C(=O)C=Cc1ccccc1. The van der Waals surface area contributed by atoms with Crippen LogP contribution in [0.2, 0.25) is 0 Å². The molecule has 0 aliphatic carbocycles. The van der Waals surface area contributed by atoms with Crippen molar-refractivity contribution in [3.8, 4) is 0 Å². The van der Waals surface area contributed by atoms with Crippen molar-refractivity contribution in [2.45, 2.75) is 0 Å². The molecule has 1 aromatic rings. The van der Waals surface area contributed by atoms with Crippen molar-refractivity contribution < 1.29 is 9.59 Å². The summed E-state index contributed by atoms with van der Waals surface area (Å²) in [6, 6.07) is 9.40. The summed E-state index contributed by atoms with van der Waals surface area (Å²) < 4.78 is 0. The highest BCUT2D eigenvalue weighted by atomic mass is 16.2. The predicted molar refractivity (Wildman–Crippen MR) is 62.0 cm³/mol. The Kier molecular flexibility index (Phi) is 4.69. The van der Waals surface area contributed by atoms with Crippen LogP contribution in [0.1, 0.15) is 5.56 Å². The van der Waals surface area contributed by atoms with Crippen LogP contribution >= 0.6 is 0 Å². The van der Waals surface area contributed by atoms with Crippen LogP contribution < -0.4 is 11.3 Å². The van der Waals surface area contributed by atoms with E-state index < -0.39 is 5.91 Å². The van der Waals surface area contributed by atoms with Gasteiger partial charge in [-0.2, -0.15) is 0 Å². The number of hydrogen-bond acceptors (Lipinski definition) is 3. The van der Waals surface area contributed by atoms with E-state index in [1.54, 1.807) is 6.08 Å². The fourth-order valence-electron chi connectivity index (χ4n) is 1.00. The van der Waals surface area contributed by atoms with Gasteiger partial charge in [0.1, 0.15) is 0 Å². The highest BCUT2D eigenvalue weighted by Gasteiger charge is 1.92. The van der Waals surface area contributed by atoms with Gasteiger partial charge in [0.15, 0.2) is 5.78 Å². The lowest BCUT2D eigenvalue weighted by Crippen LogP contribution is -2.28. The van der Waals surface area contributed by atoms with Crippen LogP contribution in [0.5, 0.6) is 0 Å². The third-order valence-electron chi connectivity index (χ3n) is 1.78. The first-order valence-electron chi connectivity index (χ1n) is 4.68. The molecule has 16 heavy (non-hydrogen) atoms. The van der Waals surface area contributed by atoms with E-state index in [4.69, 9.17) is 5.84 Å². The zero-order valence-corrected chi connectivity index (χ0v) is 8.59. The van der Waals surface area contributed by atoms with Crippen LogP contribution in [-0.4, -0.2) is 11.7 Å². The molecule has 0 saturated carbocycles. The molecule has 0 aliphatic rings. The summed E-state index contributed by atoms with van der Waals surface area (Å²) in [5.74, 6) is 4.06. The summed E-state index contributed by atoms with van der Waals surface area (Å²) in [4.78, 5) is 21.9. The zero-order valence-electron chi connectivity index (χ0n) is 8.59. The molecule has 0 saturated heterocycles. The van der Waals surface area contributed by atoms with Crippen molar-refractivity contribution in [2.75, 3.05) is 0 Å². The highest BCUT2D eigenvalue weighted by molar-refractivity contribution is 6.05. The molecule has 0 heterocycles. The number of hydrogen-bond donors (Lipinski definition) is 2. The number of ketones is 1. The van der Waals surface area contributed by atoms with Gasteiger partial charge >= 0.3 is 0 Å². The molecule has 0 fully saturated rings. The van der Waals surface area contributed by atoms with Gasteiger partial charge in [-0.05, 0) is 17.7 Å². The van der Waals surface area contributed by atoms with Gasteiger partial charge in [0.05, 0.1) is 0 Å². The Hall–Kier alpha value is -2.20. The van der Waals surface area contributed by atoms with Crippen LogP contribution in [0.3, 0.4) is 0 Å². The smallest absolute Gasteiger partial charge is 0.258 e. The quantitative estimate of drug-likeness (QED) is 0.338. The van der Waals surface area contributed by atoms with Crippen molar-refractivity contribution in [1.82, 2.24) is 5.43 Å². The van der Waals surface area contributed by atoms with E-state index in [9.17, 15) is 9.59 Å². The van der Waals surface area contributed by atoms with Gasteiger partial charge in [-0.25, -0.2) is 5.84 Å². The Morgan fingerprint density at radius 3 is 2.38 bits per heavy atom. The van der Waals surface area contributed by atoms with E-state index in [2.05, 4.69) is 0 Å². The number of carbonyl (C=O) groups excluding carboxylic acids is 2. The summed E-state index contributed by atoms with van der Waals surface area (Å²) in [7, 11) is 0. The van der Waals surface area contributed by atoms with Crippen LogP contribution in [0.4, 0.5) is 0 Å². The van der Waals surface area contributed by atoms with E-state index in [1.165, 1.54) is 6.08 Å². The summed E-state index contributed by atoms with van der Waals surface area (Å²) in [6.45, 7) is 0. The number of allylic oxidation sites excluding steroid dienone is 2. The molecule has 0 bridgehead atoms. The molecule has 0 unspecified atom stereocenters. The topological polar surface area (TPSA) is 72.2 Å². The molecule has 1 amide bonds. The maximum absolute atomic E-state index is 11.2. The third kappa shape index (κ3) is 4.34. The first kappa shape index (κ1) is 11.9. The average molecular weight is 216 g/mol. The van der Waals surface area contributed by atoms with Crippen LogP contribution in [0, 0.1) is 0 Å².